The lowest BCUT2D eigenvalue weighted by atomic mass is 10.3. The van der Waals surface area contributed by atoms with Crippen molar-refractivity contribution in [2.75, 3.05) is 13.1 Å². The van der Waals surface area contributed by atoms with Crippen LogP contribution in [-0.2, 0) is 10.0 Å². The SMILES string of the molecule is CCN[C@H](C)CNS(=O)(=O)c1ccc(Cl)c(Cl)c1.Cl. The van der Waals surface area contributed by atoms with Crippen LogP contribution in [0.5, 0.6) is 0 Å². The molecule has 0 aliphatic rings. The Bertz CT molecular complexity index is 509. The molecule has 0 aromatic heterocycles. The summed E-state index contributed by atoms with van der Waals surface area (Å²) in [4.78, 5) is 0.112. The second-order valence-electron chi connectivity index (χ2n) is 3.89. The number of hydrogen-bond donors (Lipinski definition) is 2. The topological polar surface area (TPSA) is 58.2 Å². The number of benzene rings is 1. The summed E-state index contributed by atoms with van der Waals surface area (Å²) in [6.07, 6.45) is 0. The van der Waals surface area contributed by atoms with Crippen molar-refractivity contribution in [1.82, 2.24) is 10.0 Å². The number of hydrogen-bond acceptors (Lipinski definition) is 3. The summed E-state index contributed by atoms with van der Waals surface area (Å²) in [6.45, 7) is 4.97. The molecule has 0 heterocycles. The predicted octanol–water partition coefficient (Wildman–Crippen LogP) is 2.69. The van der Waals surface area contributed by atoms with E-state index < -0.39 is 10.0 Å². The fourth-order valence-electron chi connectivity index (χ4n) is 1.38. The van der Waals surface area contributed by atoms with E-state index in [1.165, 1.54) is 18.2 Å². The Labute approximate surface area is 130 Å². The largest absolute Gasteiger partial charge is 0.313 e. The average molecular weight is 348 g/mol. The number of sulfonamides is 1. The van der Waals surface area contributed by atoms with E-state index >= 15 is 0 Å². The molecule has 1 aromatic rings. The minimum Gasteiger partial charge on any atom is -0.313 e. The predicted molar refractivity (Wildman–Crippen MR) is 82.0 cm³/mol. The Morgan fingerprint density at radius 1 is 1.26 bits per heavy atom. The Morgan fingerprint density at radius 3 is 2.42 bits per heavy atom. The first kappa shape index (κ1) is 19.0. The molecule has 4 nitrogen and oxygen atoms in total. The lowest BCUT2D eigenvalue weighted by molar-refractivity contribution is 0.536. The van der Waals surface area contributed by atoms with Gasteiger partial charge in [0.2, 0.25) is 10.0 Å². The number of likely N-dealkylation sites (N-methyl/N-ethyl adjacent to an activating group) is 1. The van der Waals surface area contributed by atoms with Crippen LogP contribution in [0.25, 0.3) is 0 Å². The molecular formula is C11H17Cl3N2O2S. The van der Waals surface area contributed by atoms with Gasteiger partial charge in [-0.05, 0) is 31.7 Å². The molecule has 19 heavy (non-hydrogen) atoms. The molecule has 2 N–H and O–H groups in total. The molecule has 0 bridgehead atoms. The standard InChI is InChI=1S/C11H16Cl2N2O2S.ClH/c1-3-14-8(2)7-15-18(16,17)9-4-5-10(12)11(13)6-9;/h4-6,8,14-15H,3,7H2,1-2H3;1H/t8-;/m1./s1. The molecule has 0 fully saturated rings. The summed E-state index contributed by atoms with van der Waals surface area (Å²) in [5, 5.41) is 3.67. The molecule has 0 radical (unpaired) electrons. The van der Waals surface area contributed by atoms with Gasteiger partial charge in [-0.1, -0.05) is 30.1 Å². The van der Waals surface area contributed by atoms with Gasteiger partial charge in [-0.2, -0.15) is 0 Å². The van der Waals surface area contributed by atoms with Crippen LogP contribution in [0.2, 0.25) is 10.0 Å². The highest BCUT2D eigenvalue weighted by atomic mass is 35.5. The Kier molecular flexibility index (Phi) is 8.27. The monoisotopic (exact) mass is 346 g/mol. The zero-order chi connectivity index (χ0) is 13.8. The summed E-state index contributed by atoms with van der Waals surface area (Å²) in [7, 11) is -3.55. The molecule has 0 unspecified atom stereocenters. The van der Waals surface area contributed by atoms with Crippen molar-refractivity contribution in [2.24, 2.45) is 0 Å². The van der Waals surface area contributed by atoms with Gasteiger partial charge in [-0.3, -0.25) is 0 Å². The highest BCUT2D eigenvalue weighted by Crippen LogP contribution is 2.24. The van der Waals surface area contributed by atoms with Gasteiger partial charge in [0.25, 0.3) is 0 Å². The molecule has 0 aliphatic carbocycles. The maximum atomic E-state index is 12.0. The summed E-state index contributed by atoms with van der Waals surface area (Å²) >= 11 is 11.5. The smallest absolute Gasteiger partial charge is 0.240 e. The van der Waals surface area contributed by atoms with Gasteiger partial charge in [-0.25, -0.2) is 13.1 Å². The third kappa shape index (κ3) is 5.85. The number of halogens is 3. The van der Waals surface area contributed by atoms with Crippen molar-refractivity contribution in [2.45, 2.75) is 24.8 Å². The number of nitrogens with one attached hydrogen (secondary N) is 2. The van der Waals surface area contributed by atoms with E-state index in [2.05, 4.69) is 10.0 Å². The lowest BCUT2D eigenvalue weighted by Crippen LogP contribution is -2.38. The van der Waals surface area contributed by atoms with Crippen LogP contribution in [0.1, 0.15) is 13.8 Å². The van der Waals surface area contributed by atoms with E-state index in [9.17, 15) is 8.42 Å². The molecular weight excluding hydrogens is 331 g/mol. The highest BCUT2D eigenvalue weighted by molar-refractivity contribution is 7.89. The molecule has 0 spiro atoms. The molecule has 1 atom stereocenters. The average Bonchev–Trinajstić information content (AvgIpc) is 2.30. The molecule has 0 saturated carbocycles. The normalized spacial score (nSPS) is 12.8. The van der Waals surface area contributed by atoms with Gasteiger partial charge >= 0.3 is 0 Å². The quantitative estimate of drug-likeness (QED) is 0.832. The van der Waals surface area contributed by atoms with Gasteiger partial charge < -0.3 is 5.32 Å². The molecule has 0 amide bonds. The molecule has 8 heteroatoms. The van der Waals surface area contributed by atoms with Gasteiger partial charge in [0.05, 0.1) is 14.9 Å². The molecule has 0 saturated heterocycles. The van der Waals surface area contributed by atoms with Crippen LogP contribution >= 0.6 is 35.6 Å². The first-order valence-corrected chi connectivity index (χ1v) is 7.79. The Hall–Kier alpha value is -0.0400. The van der Waals surface area contributed by atoms with Crippen LogP contribution in [0.4, 0.5) is 0 Å². The van der Waals surface area contributed by atoms with Crippen LogP contribution in [0.3, 0.4) is 0 Å². The van der Waals surface area contributed by atoms with Crippen LogP contribution < -0.4 is 10.0 Å². The maximum Gasteiger partial charge on any atom is 0.240 e. The van der Waals surface area contributed by atoms with E-state index in [1.807, 2.05) is 13.8 Å². The van der Waals surface area contributed by atoms with Crippen molar-refractivity contribution in [3.63, 3.8) is 0 Å². The van der Waals surface area contributed by atoms with Crippen LogP contribution in [0, 0.1) is 0 Å². The zero-order valence-corrected chi connectivity index (χ0v) is 13.8. The van der Waals surface area contributed by atoms with Crippen molar-refractivity contribution in [3.8, 4) is 0 Å². The van der Waals surface area contributed by atoms with E-state index in [-0.39, 0.29) is 28.4 Å². The summed E-state index contributed by atoms with van der Waals surface area (Å²) in [5.74, 6) is 0. The van der Waals surface area contributed by atoms with Crippen molar-refractivity contribution in [1.29, 1.82) is 0 Å². The van der Waals surface area contributed by atoms with Gasteiger partial charge in [0.15, 0.2) is 0 Å². The fourth-order valence-corrected chi connectivity index (χ4v) is 2.90. The van der Waals surface area contributed by atoms with Crippen molar-refractivity contribution in [3.05, 3.63) is 28.2 Å². The first-order valence-electron chi connectivity index (χ1n) is 5.55. The highest BCUT2D eigenvalue weighted by Gasteiger charge is 2.16. The van der Waals surface area contributed by atoms with Gasteiger partial charge in [0, 0.05) is 12.6 Å². The minimum absolute atomic E-state index is 0. The van der Waals surface area contributed by atoms with Crippen LogP contribution in [-0.4, -0.2) is 27.5 Å². The first-order chi connectivity index (χ1) is 8.36. The fraction of sp³-hybridized carbons (Fsp3) is 0.455. The third-order valence-corrected chi connectivity index (χ3v) is 4.49. The summed E-state index contributed by atoms with van der Waals surface area (Å²) in [5.41, 5.74) is 0. The second-order valence-corrected chi connectivity index (χ2v) is 6.47. The van der Waals surface area contributed by atoms with Gasteiger partial charge in [0.1, 0.15) is 0 Å². The lowest BCUT2D eigenvalue weighted by Gasteiger charge is -2.13. The van der Waals surface area contributed by atoms with E-state index in [0.29, 0.717) is 11.6 Å². The number of rotatable bonds is 6. The Morgan fingerprint density at radius 2 is 1.89 bits per heavy atom. The van der Waals surface area contributed by atoms with Crippen LogP contribution in [0.15, 0.2) is 23.1 Å². The molecule has 110 valence electrons. The zero-order valence-electron chi connectivity index (χ0n) is 10.6. The summed E-state index contributed by atoms with van der Waals surface area (Å²) < 4.78 is 26.4. The van der Waals surface area contributed by atoms with Crippen molar-refractivity contribution >= 4 is 45.6 Å². The molecule has 1 aromatic carbocycles. The van der Waals surface area contributed by atoms with E-state index in [4.69, 9.17) is 23.2 Å². The maximum absolute atomic E-state index is 12.0. The molecule has 1 rings (SSSR count). The second kappa shape index (κ2) is 8.29. The minimum atomic E-state index is -3.55. The Balaban J connectivity index is 0.00000324. The van der Waals surface area contributed by atoms with E-state index in [0.717, 1.165) is 6.54 Å². The van der Waals surface area contributed by atoms with Crippen molar-refractivity contribution < 1.29 is 8.42 Å². The molecule has 0 aliphatic heterocycles. The van der Waals surface area contributed by atoms with E-state index in [1.54, 1.807) is 0 Å². The summed E-state index contributed by atoms with van der Waals surface area (Å²) in [6, 6.07) is 4.29. The third-order valence-electron chi connectivity index (χ3n) is 2.33. The van der Waals surface area contributed by atoms with Gasteiger partial charge in [-0.15, -0.1) is 12.4 Å².